The van der Waals surface area contributed by atoms with Crippen molar-refractivity contribution in [1.82, 2.24) is 14.8 Å². The number of aryl methyl sites for hydroxylation is 3. The van der Waals surface area contributed by atoms with Crippen LogP contribution < -0.4 is 10.6 Å². The largest absolute Gasteiger partial charge is 0.322 e. The molecule has 2 aromatic heterocycles. The Bertz CT molecular complexity index is 1290. The van der Waals surface area contributed by atoms with Crippen LogP contribution in [0.4, 0.5) is 11.4 Å². The summed E-state index contributed by atoms with van der Waals surface area (Å²) in [5.41, 5.74) is 5.52. The number of rotatable bonds is 5. The monoisotopic (exact) mass is 425 g/mol. The smallest absolute Gasteiger partial charge is 0.257 e. The van der Waals surface area contributed by atoms with E-state index in [4.69, 9.17) is 0 Å². The van der Waals surface area contributed by atoms with Gasteiger partial charge in [-0.3, -0.25) is 14.6 Å². The van der Waals surface area contributed by atoms with Crippen LogP contribution in [0.5, 0.6) is 0 Å². The van der Waals surface area contributed by atoms with Crippen LogP contribution in [0.3, 0.4) is 0 Å². The van der Waals surface area contributed by atoms with E-state index in [2.05, 4.69) is 20.7 Å². The maximum Gasteiger partial charge on any atom is 0.257 e. The molecule has 7 heteroatoms. The first-order chi connectivity index (χ1) is 15.4. The molecule has 0 saturated heterocycles. The molecule has 4 rings (SSSR count). The van der Waals surface area contributed by atoms with Gasteiger partial charge >= 0.3 is 0 Å². The van der Waals surface area contributed by atoms with Crippen LogP contribution in [0, 0.1) is 20.8 Å². The lowest BCUT2D eigenvalue weighted by Crippen LogP contribution is -2.19. The van der Waals surface area contributed by atoms with Crippen molar-refractivity contribution in [3.05, 3.63) is 101 Å². The highest BCUT2D eigenvalue weighted by atomic mass is 16.2. The minimum absolute atomic E-state index is 0.303. The molecule has 0 spiro atoms. The average Bonchev–Trinajstić information content (AvgIpc) is 3.13. The van der Waals surface area contributed by atoms with Gasteiger partial charge in [-0.25, -0.2) is 4.68 Å². The molecule has 2 amide bonds. The van der Waals surface area contributed by atoms with Gasteiger partial charge < -0.3 is 10.6 Å². The van der Waals surface area contributed by atoms with E-state index in [1.807, 2.05) is 61.9 Å². The molecule has 2 N–H and O–H groups in total. The number of carbonyl (C=O) groups excluding carboxylic acids is 2. The highest BCUT2D eigenvalue weighted by Crippen LogP contribution is 2.24. The third-order valence-electron chi connectivity index (χ3n) is 5.06. The molecule has 4 aromatic rings. The van der Waals surface area contributed by atoms with Crippen LogP contribution in [-0.2, 0) is 0 Å². The lowest BCUT2D eigenvalue weighted by Gasteiger charge is -2.15. The molecule has 0 aliphatic heterocycles. The van der Waals surface area contributed by atoms with E-state index in [1.165, 1.54) is 0 Å². The predicted molar refractivity (Wildman–Crippen MR) is 124 cm³/mol. The molecule has 2 heterocycles. The van der Waals surface area contributed by atoms with Crippen molar-refractivity contribution in [3.8, 4) is 5.69 Å². The van der Waals surface area contributed by atoms with Crippen LogP contribution in [0.15, 0.2) is 73.1 Å². The van der Waals surface area contributed by atoms with Gasteiger partial charge in [0.2, 0.25) is 0 Å². The standard InChI is InChI=1S/C25H23N5O2/c1-16-6-4-9-22(23(16)28-24(31)19-10-12-26-13-11-19)25(32)27-20-7-5-8-21(15-20)30-18(3)14-17(2)29-30/h4-15H,1-3H3,(H,27,32)(H,28,31). The molecule has 7 nitrogen and oxygen atoms in total. The van der Waals surface area contributed by atoms with Crippen molar-refractivity contribution in [1.29, 1.82) is 0 Å². The lowest BCUT2D eigenvalue weighted by molar-refractivity contribution is 0.102. The number of anilines is 2. The van der Waals surface area contributed by atoms with Gasteiger partial charge in [0.05, 0.1) is 22.6 Å². The minimum atomic E-state index is -0.316. The number of hydrogen-bond donors (Lipinski definition) is 2. The zero-order chi connectivity index (χ0) is 22.7. The number of nitrogens with zero attached hydrogens (tertiary/aromatic N) is 3. The molecular weight excluding hydrogens is 402 g/mol. The SMILES string of the molecule is Cc1cc(C)n(-c2cccc(NC(=O)c3cccc(C)c3NC(=O)c3ccncc3)c2)n1. The molecular formula is C25H23N5O2. The summed E-state index contributed by atoms with van der Waals surface area (Å²) in [6, 6.07) is 18.0. The molecule has 160 valence electrons. The van der Waals surface area contributed by atoms with Gasteiger partial charge in [0, 0.05) is 29.3 Å². The number of aromatic nitrogens is 3. The average molecular weight is 425 g/mol. The van der Waals surface area contributed by atoms with Gasteiger partial charge in [0.25, 0.3) is 11.8 Å². The first-order valence-electron chi connectivity index (χ1n) is 10.2. The number of benzene rings is 2. The second-order valence-corrected chi connectivity index (χ2v) is 7.53. The number of amides is 2. The maximum absolute atomic E-state index is 13.1. The Morgan fingerprint density at radius 1 is 0.844 bits per heavy atom. The van der Waals surface area contributed by atoms with Crippen LogP contribution in [0.25, 0.3) is 5.69 Å². The highest BCUT2D eigenvalue weighted by Gasteiger charge is 2.17. The molecule has 0 saturated carbocycles. The van der Waals surface area contributed by atoms with Crippen molar-refractivity contribution in [3.63, 3.8) is 0 Å². The van der Waals surface area contributed by atoms with Crippen molar-refractivity contribution in [2.75, 3.05) is 10.6 Å². The van der Waals surface area contributed by atoms with E-state index >= 15 is 0 Å². The van der Waals surface area contributed by atoms with Gasteiger partial charge in [-0.05, 0) is 68.8 Å². The molecule has 32 heavy (non-hydrogen) atoms. The van der Waals surface area contributed by atoms with Crippen LogP contribution in [0.1, 0.15) is 37.7 Å². The molecule has 0 radical (unpaired) electrons. The quantitative estimate of drug-likeness (QED) is 0.485. The fraction of sp³-hybridized carbons (Fsp3) is 0.120. The molecule has 2 aromatic carbocycles. The van der Waals surface area contributed by atoms with Crippen LogP contribution in [-0.4, -0.2) is 26.6 Å². The van der Waals surface area contributed by atoms with Crippen LogP contribution >= 0.6 is 0 Å². The molecule has 0 bridgehead atoms. The summed E-state index contributed by atoms with van der Waals surface area (Å²) in [6.45, 7) is 5.77. The van der Waals surface area contributed by atoms with Crippen molar-refractivity contribution >= 4 is 23.2 Å². The van der Waals surface area contributed by atoms with Crippen LogP contribution in [0.2, 0.25) is 0 Å². The van der Waals surface area contributed by atoms with E-state index in [-0.39, 0.29) is 11.8 Å². The molecule has 0 fully saturated rings. The Morgan fingerprint density at radius 3 is 2.31 bits per heavy atom. The summed E-state index contributed by atoms with van der Waals surface area (Å²) in [6.07, 6.45) is 3.10. The predicted octanol–water partition coefficient (Wildman–Crippen LogP) is 4.70. The van der Waals surface area contributed by atoms with E-state index in [0.29, 0.717) is 22.5 Å². The van der Waals surface area contributed by atoms with Gasteiger partial charge in [-0.2, -0.15) is 5.10 Å². The molecule has 0 aliphatic rings. The second-order valence-electron chi connectivity index (χ2n) is 7.53. The third-order valence-corrected chi connectivity index (χ3v) is 5.06. The van der Waals surface area contributed by atoms with E-state index < -0.39 is 0 Å². The van der Waals surface area contributed by atoms with Gasteiger partial charge in [-0.1, -0.05) is 18.2 Å². The lowest BCUT2D eigenvalue weighted by atomic mass is 10.1. The maximum atomic E-state index is 13.1. The first kappa shape index (κ1) is 21.0. The number of hydrogen-bond acceptors (Lipinski definition) is 4. The first-order valence-corrected chi connectivity index (χ1v) is 10.2. The third kappa shape index (κ3) is 4.41. The summed E-state index contributed by atoms with van der Waals surface area (Å²) in [7, 11) is 0. The minimum Gasteiger partial charge on any atom is -0.322 e. The Labute approximate surface area is 186 Å². The molecule has 0 atom stereocenters. The summed E-state index contributed by atoms with van der Waals surface area (Å²) in [4.78, 5) is 29.7. The molecule has 0 unspecified atom stereocenters. The van der Waals surface area contributed by atoms with E-state index in [9.17, 15) is 9.59 Å². The highest BCUT2D eigenvalue weighted by molar-refractivity contribution is 6.13. The summed E-state index contributed by atoms with van der Waals surface area (Å²) < 4.78 is 1.83. The van der Waals surface area contributed by atoms with Gasteiger partial charge in [0.1, 0.15) is 0 Å². The van der Waals surface area contributed by atoms with Crippen molar-refractivity contribution in [2.45, 2.75) is 20.8 Å². The number of para-hydroxylation sites is 1. The summed E-state index contributed by atoms with van der Waals surface area (Å²) in [5.74, 6) is -0.619. The fourth-order valence-electron chi connectivity index (χ4n) is 3.52. The molecule has 0 aliphatic carbocycles. The number of carbonyl (C=O) groups is 2. The van der Waals surface area contributed by atoms with Gasteiger partial charge in [-0.15, -0.1) is 0 Å². The fourth-order valence-corrected chi connectivity index (χ4v) is 3.52. The normalized spacial score (nSPS) is 10.6. The Kier molecular flexibility index (Phi) is 5.81. The summed E-state index contributed by atoms with van der Waals surface area (Å²) in [5, 5.41) is 10.3. The number of nitrogens with one attached hydrogen (secondary N) is 2. The Hall–Kier alpha value is -4.26. The van der Waals surface area contributed by atoms with Crippen molar-refractivity contribution < 1.29 is 9.59 Å². The van der Waals surface area contributed by atoms with Gasteiger partial charge in [0.15, 0.2) is 0 Å². The second kappa shape index (κ2) is 8.85. The summed E-state index contributed by atoms with van der Waals surface area (Å²) >= 11 is 0. The Morgan fingerprint density at radius 2 is 1.59 bits per heavy atom. The zero-order valence-electron chi connectivity index (χ0n) is 18.1. The zero-order valence-corrected chi connectivity index (χ0v) is 18.1. The van der Waals surface area contributed by atoms with Crippen molar-refractivity contribution in [2.24, 2.45) is 0 Å². The topological polar surface area (TPSA) is 88.9 Å². The van der Waals surface area contributed by atoms with E-state index in [1.54, 1.807) is 36.7 Å². The Balaban J connectivity index is 1.59. The van der Waals surface area contributed by atoms with E-state index in [0.717, 1.165) is 22.6 Å². The number of pyridine rings is 1.